The second kappa shape index (κ2) is 8.53. The summed E-state index contributed by atoms with van der Waals surface area (Å²) in [4.78, 5) is 33.4. The molecule has 1 N–H and O–H groups in total. The molecule has 1 unspecified atom stereocenters. The third-order valence-corrected chi connectivity index (χ3v) is 5.02. The fourth-order valence-electron chi connectivity index (χ4n) is 2.47. The smallest absolute Gasteiger partial charge is 0.351 e. The predicted octanol–water partition coefficient (Wildman–Crippen LogP) is 2.08. The van der Waals surface area contributed by atoms with Crippen molar-refractivity contribution in [2.75, 3.05) is 13.2 Å². The number of aromatic nitrogens is 2. The molecule has 2 rings (SSSR count). The van der Waals surface area contributed by atoms with E-state index in [4.69, 9.17) is 4.74 Å². The number of aryl methyl sites for hydroxylation is 2. The van der Waals surface area contributed by atoms with Gasteiger partial charge < -0.3 is 14.6 Å². The van der Waals surface area contributed by atoms with Crippen LogP contribution >= 0.6 is 11.8 Å². The van der Waals surface area contributed by atoms with Crippen LogP contribution in [0, 0.1) is 18.3 Å². The Morgan fingerprint density at radius 3 is 2.96 bits per heavy atom. The van der Waals surface area contributed by atoms with Crippen LogP contribution in [0.4, 0.5) is 0 Å². The normalized spacial score (nSPS) is 18.8. The average molecular weight is 360 g/mol. The fourth-order valence-corrected chi connectivity index (χ4v) is 3.80. The monoisotopic (exact) mass is 360 g/mol. The number of thioether (sulfide) groups is 1. The van der Waals surface area contributed by atoms with Crippen LogP contribution in [0.5, 0.6) is 0 Å². The van der Waals surface area contributed by atoms with Crippen molar-refractivity contribution in [2.24, 2.45) is 0 Å². The molecule has 0 aromatic carbocycles. The molecule has 132 valence electrons. The molecule has 0 spiro atoms. The van der Waals surface area contributed by atoms with Gasteiger partial charge >= 0.3 is 5.97 Å². The lowest BCUT2D eigenvalue weighted by molar-refractivity contribution is -0.137. The van der Waals surface area contributed by atoms with E-state index in [0.29, 0.717) is 24.4 Å². The lowest BCUT2D eigenvalue weighted by Gasteiger charge is -2.15. The molecule has 0 bridgehead atoms. The van der Waals surface area contributed by atoms with E-state index in [9.17, 15) is 14.9 Å². The quantitative estimate of drug-likeness (QED) is 0.346. The van der Waals surface area contributed by atoms with Gasteiger partial charge in [0.2, 0.25) is 5.91 Å². The number of hydrogen-bond donors (Lipinski definition) is 1. The van der Waals surface area contributed by atoms with Crippen molar-refractivity contribution < 1.29 is 14.3 Å². The Hall–Kier alpha value is -2.53. The molecule has 0 radical (unpaired) electrons. The number of nitriles is 1. The fraction of sp³-hybridized carbons (Fsp3) is 0.412. The number of nitrogens with one attached hydrogen (secondary N) is 1. The number of H-pyrrole nitrogens is 1. The van der Waals surface area contributed by atoms with Crippen LogP contribution in [-0.4, -0.2) is 45.1 Å². The Morgan fingerprint density at radius 2 is 2.40 bits per heavy atom. The lowest BCUT2D eigenvalue weighted by Crippen LogP contribution is -2.29. The van der Waals surface area contributed by atoms with Gasteiger partial charge in [-0.2, -0.15) is 5.26 Å². The molecule has 1 saturated heterocycles. The molecule has 8 heteroatoms. The number of aromatic amines is 1. The van der Waals surface area contributed by atoms with E-state index in [1.165, 1.54) is 22.7 Å². The zero-order valence-electron chi connectivity index (χ0n) is 14.2. The Morgan fingerprint density at radius 1 is 1.64 bits per heavy atom. The van der Waals surface area contributed by atoms with Crippen molar-refractivity contribution in [3.05, 3.63) is 41.0 Å². The SMILES string of the molecule is C=CCOC(=O)C(C#N)=C1SC(CCc2cnc(C)[nH]2)C(=O)N1CC. The summed E-state index contributed by atoms with van der Waals surface area (Å²) in [6, 6.07) is 1.88. The van der Waals surface area contributed by atoms with Gasteiger partial charge in [0.1, 0.15) is 23.5 Å². The first-order chi connectivity index (χ1) is 12.0. The summed E-state index contributed by atoms with van der Waals surface area (Å²) in [6.45, 7) is 7.56. The molecule has 2 heterocycles. The first kappa shape index (κ1) is 18.8. The molecule has 1 aliphatic heterocycles. The number of ether oxygens (including phenoxy) is 1. The average Bonchev–Trinajstić information content (AvgIpc) is 3.15. The van der Waals surface area contributed by atoms with E-state index in [1.807, 2.05) is 19.9 Å². The number of esters is 1. The summed E-state index contributed by atoms with van der Waals surface area (Å²) in [6.07, 6.45) is 4.43. The first-order valence-electron chi connectivity index (χ1n) is 7.92. The molecule has 1 aliphatic rings. The van der Waals surface area contributed by atoms with Gasteiger partial charge in [-0.1, -0.05) is 24.4 Å². The van der Waals surface area contributed by atoms with Gasteiger partial charge in [0.25, 0.3) is 0 Å². The van der Waals surface area contributed by atoms with E-state index in [2.05, 4.69) is 16.5 Å². The number of carbonyl (C=O) groups excluding carboxylic acids is 2. The molecule has 0 saturated carbocycles. The van der Waals surface area contributed by atoms with E-state index >= 15 is 0 Å². The minimum atomic E-state index is -0.735. The molecular formula is C17H20N4O3S. The van der Waals surface area contributed by atoms with Gasteiger partial charge in [-0.15, -0.1) is 0 Å². The highest BCUT2D eigenvalue weighted by Gasteiger charge is 2.39. The van der Waals surface area contributed by atoms with Crippen LogP contribution in [0.15, 0.2) is 29.5 Å². The van der Waals surface area contributed by atoms with Gasteiger partial charge in [-0.25, -0.2) is 9.78 Å². The Balaban J connectivity index is 2.17. The highest BCUT2D eigenvalue weighted by molar-refractivity contribution is 8.04. The van der Waals surface area contributed by atoms with Crippen molar-refractivity contribution in [3.8, 4) is 6.07 Å². The van der Waals surface area contributed by atoms with Crippen LogP contribution in [0.25, 0.3) is 0 Å². The molecule has 7 nitrogen and oxygen atoms in total. The summed E-state index contributed by atoms with van der Waals surface area (Å²) in [5, 5.41) is 9.39. The van der Waals surface area contributed by atoms with Crippen LogP contribution in [0.1, 0.15) is 24.9 Å². The minimum absolute atomic E-state index is 0.0185. The van der Waals surface area contributed by atoms with Crippen molar-refractivity contribution in [3.63, 3.8) is 0 Å². The summed E-state index contributed by atoms with van der Waals surface area (Å²) < 4.78 is 4.95. The van der Waals surface area contributed by atoms with Gasteiger partial charge in [0.15, 0.2) is 5.57 Å². The Labute approximate surface area is 150 Å². The standard InChI is InChI=1S/C17H20N4O3S/c1-4-8-24-17(23)13(9-18)16-21(5-2)15(22)14(25-16)7-6-12-10-19-11(3)20-12/h4,10,14H,1,5-8H2,2-3H3,(H,19,20). The molecule has 25 heavy (non-hydrogen) atoms. The van der Waals surface area contributed by atoms with Crippen molar-refractivity contribution >= 4 is 23.6 Å². The van der Waals surface area contributed by atoms with Crippen molar-refractivity contribution in [1.82, 2.24) is 14.9 Å². The zero-order valence-corrected chi connectivity index (χ0v) is 15.1. The minimum Gasteiger partial charge on any atom is -0.457 e. The zero-order chi connectivity index (χ0) is 18.4. The molecule has 0 aliphatic carbocycles. The lowest BCUT2D eigenvalue weighted by atomic mass is 10.2. The van der Waals surface area contributed by atoms with Crippen LogP contribution in [0.2, 0.25) is 0 Å². The first-order valence-corrected chi connectivity index (χ1v) is 8.80. The van der Waals surface area contributed by atoms with Gasteiger partial charge in [-0.3, -0.25) is 4.79 Å². The maximum Gasteiger partial charge on any atom is 0.351 e. The maximum absolute atomic E-state index is 12.6. The Kier molecular flexibility index (Phi) is 6.42. The molecule has 1 fully saturated rings. The summed E-state index contributed by atoms with van der Waals surface area (Å²) in [5.41, 5.74) is 0.819. The van der Waals surface area contributed by atoms with Crippen molar-refractivity contribution in [1.29, 1.82) is 5.26 Å². The van der Waals surface area contributed by atoms with Gasteiger partial charge in [-0.05, 0) is 26.7 Å². The number of amides is 1. The highest BCUT2D eigenvalue weighted by Crippen LogP contribution is 2.39. The molecular weight excluding hydrogens is 340 g/mol. The van der Waals surface area contributed by atoms with E-state index < -0.39 is 5.97 Å². The van der Waals surface area contributed by atoms with Gasteiger partial charge in [0.05, 0.1) is 5.25 Å². The molecule has 1 amide bonds. The number of carbonyl (C=O) groups is 2. The number of rotatable bonds is 7. The number of imidazole rings is 1. The third kappa shape index (κ3) is 4.31. The van der Waals surface area contributed by atoms with Gasteiger partial charge in [0, 0.05) is 18.4 Å². The maximum atomic E-state index is 12.6. The summed E-state index contributed by atoms with van der Waals surface area (Å²) >= 11 is 1.24. The van der Waals surface area contributed by atoms with E-state index in [0.717, 1.165) is 11.5 Å². The second-order valence-corrected chi connectivity index (χ2v) is 6.59. The van der Waals surface area contributed by atoms with Crippen LogP contribution in [0.3, 0.4) is 0 Å². The van der Waals surface area contributed by atoms with Crippen molar-refractivity contribution in [2.45, 2.75) is 31.9 Å². The predicted molar refractivity (Wildman–Crippen MR) is 94.2 cm³/mol. The summed E-state index contributed by atoms with van der Waals surface area (Å²) in [7, 11) is 0. The number of hydrogen-bond acceptors (Lipinski definition) is 6. The summed E-state index contributed by atoms with van der Waals surface area (Å²) in [5.74, 6) is -0.00287. The highest BCUT2D eigenvalue weighted by atomic mass is 32.2. The molecule has 1 atom stereocenters. The largest absolute Gasteiger partial charge is 0.457 e. The van der Waals surface area contributed by atoms with E-state index in [1.54, 1.807) is 6.20 Å². The van der Waals surface area contributed by atoms with Crippen LogP contribution < -0.4 is 0 Å². The number of nitrogens with zero attached hydrogens (tertiary/aromatic N) is 3. The third-order valence-electron chi connectivity index (χ3n) is 3.65. The Bertz CT molecular complexity index is 747. The topological polar surface area (TPSA) is 99.1 Å². The van der Waals surface area contributed by atoms with E-state index in [-0.39, 0.29) is 23.3 Å². The molecule has 1 aromatic rings. The molecule has 1 aromatic heterocycles. The van der Waals surface area contributed by atoms with Crippen LogP contribution in [-0.2, 0) is 20.7 Å². The second-order valence-electron chi connectivity index (χ2n) is 5.40.